The molecule has 3 rings (SSSR count). The third-order valence-corrected chi connectivity index (χ3v) is 3.21. The van der Waals surface area contributed by atoms with Crippen LogP contribution in [0.15, 0.2) is 35.3 Å². The van der Waals surface area contributed by atoms with Gasteiger partial charge in [0.25, 0.3) is 0 Å². The number of nitrogen functional groups attached to an aromatic ring is 1. The molecule has 0 saturated heterocycles. The lowest BCUT2D eigenvalue weighted by molar-refractivity contribution is 0.695. The number of aromatic nitrogens is 2. The second-order valence-electron chi connectivity index (χ2n) is 4.59. The molecule has 1 aliphatic rings. The van der Waals surface area contributed by atoms with Crippen LogP contribution in [0.5, 0.6) is 0 Å². The molecule has 0 aliphatic heterocycles. The molecule has 0 atom stereocenters. The first-order valence-electron chi connectivity index (χ1n) is 5.84. The van der Waals surface area contributed by atoms with Crippen molar-refractivity contribution in [2.24, 2.45) is 0 Å². The Kier molecular flexibility index (Phi) is 2.11. The Morgan fingerprint density at radius 2 is 2.00 bits per heavy atom. The first kappa shape index (κ1) is 10.2. The summed E-state index contributed by atoms with van der Waals surface area (Å²) in [6, 6.07) is 7.85. The van der Waals surface area contributed by atoms with E-state index < -0.39 is 0 Å². The van der Waals surface area contributed by atoms with Crippen molar-refractivity contribution in [1.82, 2.24) is 9.13 Å². The Balaban J connectivity index is 2.21. The van der Waals surface area contributed by atoms with Gasteiger partial charge in [0.05, 0.1) is 11.4 Å². The molecule has 17 heavy (non-hydrogen) atoms. The number of hydrogen-bond acceptors (Lipinski definition) is 2. The van der Waals surface area contributed by atoms with Crippen LogP contribution in [0.25, 0.3) is 5.69 Å². The summed E-state index contributed by atoms with van der Waals surface area (Å²) < 4.78 is 3.51. The number of anilines is 1. The van der Waals surface area contributed by atoms with Crippen LogP contribution in [0.2, 0.25) is 0 Å². The molecular weight excluding hydrogens is 214 g/mol. The number of hydrogen-bond donors (Lipinski definition) is 1. The van der Waals surface area contributed by atoms with E-state index in [1.165, 1.54) is 0 Å². The number of rotatable bonds is 2. The van der Waals surface area contributed by atoms with Crippen LogP contribution >= 0.6 is 0 Å². The van der Waals surface area contributed by atoms with Gasteiger partial charge in [-0.05, 0) is 31.9 Å². The molecular formula is C13H15N3O. The summed E-state index contributed by atoms with van der Waals surface area (Å²) in [6.45, 7) is 1.94. The van der Waals surface area contributed by atoms with E-state index in [1.54, 1.807) is 4.57 Å². The van der Waals surface area contributed by atoms with Gasteiger partial charge in [0.1, 0.15) is 0 Å². The second-order valence-corrected chi connectivity index (χ2v) is 4.59. The van der Waals surface area contributed by atoms with Crippen LogP contribution < -0.4 is 11.4 Å². The third-order valence-electron chi connectivity index (χ3n) is 3.21. The Labute approximate surface area is 99.3 Å². The molecule has 0 unspecified atom stereocenters. The highest BCUT2D eigenvalue weighted by Gasteiger charge is 2.27. The molecule has 88 valence electrons. The maximum atomic E-state index is 12.3. The molecule has 0 amide bonds. The zero-order valence-corrected chi connectivity index (χ0v) is 9.76. The minimum atomic E-state index is 0.0166. The third kappa shape index (κ3) is 1.56. The normalized spacial score (nSPS) is 15.1. The van der Waals surface area contributed by atoms with Crippen LogP contribution in [0, 0.1) is 6.92 Å². The summed E-state index contributed by atoms with van der Waals surface area (Å²) in [5.74, 6) is 0. The van der Waals surface area contributed by atoms with Crippen molar-refractivity contribution < 1.29 is 0 Å². The highest BCUT2D eigenvalue weighted by atomic mass is 16.1. The number of aryl methyl sites for hydroxylation is 1. The smallest absolute Gasteiger partial charge is 0.333 e. The Hall–Kier alpha value is -1.97. The standard InChI is InChI=1S/C13H15N3O/c1-9-8-15(10-6-7-10)13(17)16(9)12-5-3-2-4-11(12)14/h2-5,8,10H,6-7,14H2,1H3. The number of nitrogens with zero attached hydrogens (tertiary/aromatic N) is 2. The average molecular weight is 229 g/mol. The van der Waals surface area contributed by atoms with Gasteiger partial charge < -0.3 is 5.73 Å². The van der Waals surface area contributed by atoms with Crippen molar-refractivity contribution in [3.63, 3.8) is 0 Å². The van der Waals surface area contributed by atoms with Gasteiger partial charge in [0, 0.05) is 17.9 Å². The lowest BCUT2D eigenvalue weighted by atomic mass is 10.2. The predicted octanol–water partition coefficient (Wildman–Crippen LogP) is 1.86. The van der Waals surface area contributed by atoms with Crippen molar-refractivity contribution in [3.8, 4) is 5.69 Å². The first-order chi connectivity index (χ1) is 8.18. The first-order valence-corrected chi connectivity index (χ1v) is 5.84. The summed E-state index contributed by atoms with van der Waals surface area (Å²) in [5.41, 5.74) is 8.27. The van der Waals surface area contributed by atoms with E-state index in [2.05, 4.69) is 0 Å². The summed E-state index contributed by atoms with van der Waals surface area (Å²) in [7, 11) is 0. The van der Waals surface area contributed by atoms with Gasteiger partial charge in [-0.3, -0.25) is 9.13 Å². The van der Waals surface area contributed by atoms with Crippen LogP contribution in [0.1, 0.15) is 24.6 Å². The van der Waals surface area contributed by atoms with Crippen molar-refractivity contribution in [3.05, 3.63) is 46.6 Å². The topological polar surface area (TPSA) is 53.0 Å². The van der Waals surface area contributed by atoms with Crippen molar-refractivity contribution in [1.29, 1.82) is 0 Å². The van der Waals surface area contributed by atoms with Gasteiger partial charge in [-0.1, -0.05) is 12.1 Å². The van der Waals surface area contributed by atoms with Crippen LogP contribution in [-0.4, -0.2) is 9.13 Å². The molecule has 0 radical (unpaired) electrons. The van der Waals surface area contributed by atoms with E-state index >= 15 is 0 Å². The monoisotopic (exact) mass is 229 g/mol. The highest BCUT2D eigenvalue weighted by Crippen LogP contribution is 2.34. The van der Waals surface area contributed by atoms with Gasteiger partial charge in [0.2, 0.25) is 0 Å². The summed E-state index contributed by atoms with van der Waals surface area (Å²) >= 11 is 0. The molecule has 1 heterocycles. The molecule has 4 heteroatoms. The van der Waals surface area contributed by atoms with Crippen LogP contribution in [0.3, 0.4) is 0 Å². The molecule has 2 N–H and O–H groups in total. The van der Waals surface area contributed by atoms with E-state index in [0.717, 1.165) is 24.2 Å². The van der Waals surface area contributed by atoms with E-state index in [0.29, 0.717) is 11.7 Å². The minimum Gasteiger partial charge on any atom is -0.397 e. The summed E-state index contributed by atoms with van der Waals surface area (Å²) in [4.78, 5) is 12.3. The fraction of sp³-hybridized carbons (Fsp3) is 0.308. The Bertz CT molecular complexity index is 620. The van der Waals surface area contributed by atoms with Gasteiger partial charge in [-0.25, -0.2) is 4.79 Å². The van der Waals surface area contributed by atoms with E-state index in [-0.39, 0.29) is 5.69 Å². The lowest BCUT2D eigenvalue weighted by Gasteiger charge is -2.06. The Morgan fingerprint density at radius 1 is 1.29 bits per heavy atom. The molecule has 1 aliphatic carbocycles. The minimum absolute atomic E-state index is 0.0166. The van der Waals surface area contributed by atoms with Crippen LogP contribution in [-0.2, 0) is 0 Å². The molecule has 0 bridgehead atoms. The molecule has 4 nitrogen and oxygen atoms in total. The zero-order chi connectivity index (χ0) is 12.0. The van der Waals surface area contributed by atoms with E-state index in [1.807, 2.05) is 42.0 Å². The van der Waals surface area contributed by atoms with Gasteiger partial charge >= 0.3 is 5.69 Å². The second kappa shape index (κ2) is 3.52. The number of para-hydroxylation sites is 2. The Morgan fingerprint density at radius 3 is 2.65 bits per heavy atom. The number of benzene rings is 1. The largest absolute Gasteiger partial charge is 0.397 e. The van der Waals surface area contributed by atoms with Crippen molar-refractivity contribution in [2.75, 3.05) is 5.73 Å². The maximum absolute atomic E-state index is 12.3. The SMILES string of the molecule is Cc1cn(C2CC2)c(=O)n1-c1ccccc1N. The molecule has 1 aromatic carbocycles. The molecule has 1 saturated carbocycles. The zero-order valence-electron chi connectivity index (χ0n) is 9.76. The summed E-state index contributed by atoms with van der Waals surface area (Å²) in [5, 5.41) is 0. The molecule has 1 fully saturated rings. The highest BCUT2D eigenvalue weighted by molar-refractivity contribution is 5.57. The molecule has 1 aromatic heterocycles. The fourth-order valence-electron chi connectivity index (χ4n) is 2.18. The van der Waals surface area contributed by atoms with Crippen LogP contribution in [0.4, 0.5) is 5.69 Å². The molecule has 0 spiro atoms. The van der Waals surface area contributed by atoms with E-state index in [9.17, 15) is 4.79 Å². The number of nitrogens with two attached hydrogens (primary N) is 1. The number of imidazole rings is 1. The lowest BCUT2D eigenvalue weighted by Crippen LogP contribution is -2.23. The van der Waals surface area contributed by atoms with E-state index in [4.69, 9.17) is 5.73 Å². The van der Waals surface area contributed by atoms with Gasteiger partial charge in [-0.2, -0.15) is 0 Å². The van der Waals surface area contributed by atoms with Crippen molar-refractivity contribution in [2.45, 2.75) is 25.8 Å². The quantitative estimate of drug-likeness (QED) is 0.799. The van der Waals surface area contributed by atoms with Crippen molar-refractivity contribution >= 4 is 5.69 Å². The van der Waals surface area contributed by atoms with Gasteiger partial charge in [-0.15, -0.1) is 0 Å². The predicted molar refractivity (Wildman–Crippen MR) is 67.4 cm³/mol. The maximum Gasteiger partial charge on any atom is 0.333 e. The average Bonchev–Trinajstić information content (AvgIpc) is 3.09. The molecule has 2 aromatic rings. The summed E-state index contributed by atoms with van der Waals surface area (Å²) in [6.07, 6.45) is 4.13. The fourth-order valence-corrected chi connectivity index (χ4v) is 2.18. The van der Waals surface area contributed by atoms with Gasteiger partial charge in [0.15, 0.2) is 0 Å².